The first-order chi connectivity index (χ1) is 15.2. The molecular weight excluding hydrogens is 494 g/mol. The monoisotopic (exact) mass is 521 g/mol. The fourth-order valence-corrected chi connectivity index (χ4v) is 5.08. The van der Waals surface area contributed by atoms with Crippen LogP contribution in [0.2, 0.25) is 0 Å². The number of sulfonamides is 1. The molecule has 0 saturated heterocycles. The first-order valence-corrected chi connectivity index (χ1v) is 13.6. The molecule has 2 N–H and O–H groups in total. The highest BCUT2D eigenvalue weighted by atomic mass is 79.9. The van der Waals surface area contributed by atoms with Crippen LogP contribution in [-0.4, -0.2) is 43.7 Å². The van der Waals surface area contributed by atoms with Gasteiger partial charge in [0.15, 0.2) is 0 Å². The number of alkyl halides is 1. The molecule has 1 aliphatic rings. The van der Waals surface area contributed by atoms with Crippen LogP contribution >= 0.6 is 15.9 Å². The number of pyridine rings is 1. The van der Waals surface area contributed by atoms with Gasteiger partial charge in [0.05, 0.1) is 11.8 Å². The summed E-state index contributed by atoms with van der Waals surface area (Å²) in [6, 6.07) is 9.82. The zero-order valence-electron chi connectivity index (χ0n) is 18.4. The van der Waals surface area contributed by atoms with Gasteiger partial charge in [-0.25, -0.2) is 8.42 Å². The van der Waals surface area contributed by atoms with Crippen molar-refractivity contribution in [1.82, 2.24) is 10.3 Å². The standard InChI is InChI=1S/C23H28BrN3O4S/c1-14-5-7-16(8-6-14)20-19(22(28)25-2)18-13-17(15-9-10-15)21(26-23(18)31-20)27(12-4-11-24)32(3,29)30/h5-8,13,15,22,25,28H,4,9-12H2,1-3H3. The summed E-state index contributed by atoms with van der Waals surface area (Å²) in [4.78, 5) is 4.72. The molecular formula is C23H28BrN3O4S. The Morgan fingerprint density at radius 3 is 2.56 bits per heavy atom. The van der Waals surface area contributed by atoms with Crippen LogP contribution in [0.3, 0.4) is 0 Å². The lowest BCUT2D eigenvalue weighted by atomic mass is 10.0. The number of rotatable bonds is 9. The Morgan fingerprint density at radius 2 is 2.00 bits per heavy atom. The number of aromatic nitrogens is 1. The van der Waals surface area contributed by atoms with Gasteiger partial charge in [0.2, 0.25) is 15.7 Å². The van der Waals surface area contributed by atoms with E-state index in [1.54, 1.807) is 7.05 Å². The van der Waals surface area contributed by atoms with Crippen LogP contribution in [0.4, 0.5) is 5.82 Å². The van der Waals surface area contributed by atoms with Crippen LogP contribution in [0.5, 0.6) is 0 Å². The Bertz CT molecular complexity index is 1220. The Kier molecular flexibility index (Phi) is 6.63. The molecule has 2 heterocycles. The number of fused-ring (bicyclic) bond motifs is 1. The highest BCUT2D eigenvalue weighted by molar-refractivity contribution is 9.09. The van der Waals surface area contributed by atoms with E-state index in [9.17, 15) is 13.5 Å². The number of anilines is 1. The summed E-state index contributed by atoms with van der Waals surface area (Å²) in [5, 5.41) is 15.1. The quantitative estimate of drug-likeness (QED) is 0.319. The number of furan rings is 1. The molecule has 7 nitrogen and oxygen atoms in total. The van der Waals surface area contributed by atoms with Gasteiger partial charge in [0.1, 0.15) is 17.8 Å². The van der Waals surface area contributed by atoms with E-state index in [2.05, 4.69) is 21.2 Å². The molecule has 1 aromatic carbocycles. The predicted molar refractivity (Wildman–Crippen MR) is 131 cm³/mol. The number of aryl methyl sites for hydroxylation is 1. The van der Waals surface area contributed by atoms with Crippen molar-refractivity contribution in [3.05, 3.63) is 47.0 Å². The van der Waals surface area contributed by atoms with Gasteiger partial charge in [-0.05, 0) is 50.8 Å². The number of aliphatic hydroxyl groups excluding tert-OH is 1. The van der Waals surface area contributed by atoms with Crippen LogP contribution in [0, 0.1) is 6.92 Å². The van der Waals surface area contributed by atoms with Gasteiger partial charge in [0.25, 0.3) is 0 Å². The van der Waals surface area contributed by atoms with Gasteiger partial charge < -0.3 is 9.52 Å². The number of benzene rings is 1. The van der Waals surface area contributed by atoms with E-state index in [1.807, 2.05) is 37.3 Å². The topological polar surface area (TPSA) is 95.7 Å². The molecule has 1 aliphatic carbocycles. The maximum Gasteiger partial charge on any atom is 0.233 e. The maximum absolute atomic E-state index is 12.6. The van der Waals surface area contributed by atoms with E-state index in [1.165, 1.54) is 10.6 Å². The molecule has 3 aromatic rings. The zero-order valence-corrected chi connectivity index (χ0v) is 20.8. The molecule has 0 amide bonds. The molecule has 0 bridgehead atoms. The minimum atomic E-state index is -3.52. The van der Waals surface area contributed by atoms with Crippen molar-refractivity contribution in [1.29, 1.82) is 0 Å². The van der Waals surface area contributed by atoms with E-state index < -0.39 is 16.3 Å². The number of nitrogens with zero attached hydrogens (tertiary/aromatic N) is 2. The molecule has 0 radical (unpaired) electrons. The number of halogens is 1. The summed E-state index contributed by atoms with van der Waals surface area (Å²) in [6.45, 7) is 2.34. The minimum Gasteiger partial charge on any atom is -0.437 e. The van der Waals surface area contributed by atoms with Crippen LogP contribution in [0.1, 0.15) is 48.1 Å². The third-order valence-electron chi connectivity index (χ3n) is 5.74. The van der Waals surface area contributed by atoms with E-state index in [0.717, 1.165) is 29.5 Å². The lowest BCUT2D eigenvalue weighted by Crippen LogP contribution is -2.32. The van der Waals surface area contributed by atoms with Crippen molar-refractivity contribution in [2.24, 2.45) is 0 Å². The second-order valence-corrected chi connectivity index (χ2v) is 11.0. The Hall–Kier alpha value is -1.94. The predicted octanol–water partition coefficient (Wildman–Crippen LogP) is 4.44. The largest absolute Gasteiger partial charge is 0.437 e. The molecule has 1 saturated carbocycles. The van der Waals surface area contributed by atoms with Crippen LogP contribution in [0.15, 0.2) is 34.7 Å². The summed E-state index contributed by atoms with van der Waals surface area (Å²) in [6.07, 6.45) is 2.89. The van der Waals surface area contributed by atoms with Crippen molar-refractivity contribution in [2.45, 2.75) is 38.3 Å². The fraction of sp³-hybridized carbons (Fsp3) is 0.435. The summed E-state index contributed by atoms with van der Waals surface area (Å²) < 4.78 is 32.8. The van der Waals surface area contributed by atoms with E-state index in [4.69, 9.17) is 9.40 Å². The van der Waals surface area contributed by atoms with Gasteiger partial charge in [-0.2, -0.15) is 4.98 Å². The van der Waals surface area contributed by atoms with Crippen molar-refractivity contribution in [2.75, 3.05) is 29.5 Å². The second-order valence-electron chi connectivity index (χ2n) is 8.31. The van der Waals surface area contributed by atoms with Crippen molar-refractivity contribution in [3.63, 3.8) is 0 Å². The van der Waals surface area contributed by atoms with Gasteiger partial charge >= 0.3 is 0 Å². The van der Waals surface area contributed by atoms with Crippen molar-refractivity contribution >= 4 is 42.9 Å². The number of hydrogen-bond donors (Lipinski definition) is 2. The van der Waals surface area contributed by atoms with E-state index in [-0.39, 0.29) is 5.92 Å². The van der Waals surface area contributed by atoms with E-state index >= 15 is 0 Å². The highest BCUT2D eigenvalue weighted by Gasteiger charge is 2.34. The molecule has 32 heavy (non-hydrogen) atoms. The van der Waals surface area contributed by atoms with E-state index in [0.29, 0.717) is 46.5 Å². The lowest BCUT2D eigenvalue weighted by Gasteiger charge is -2.23. The second kappa shape index (κ2) is 9.13. The average molecular weight is 522 g/mol. The molecule has 172 valence electrons. The fourth-order valence-electron chi connectivity index (χ4n) is 3.91. The number of hydrogen-bond acceptors (Lipinski definition) is 6. The lowest BCUT2D eigenvalue weighted by molar-refractivity contribution is 0.150. The molecule has 1 fully saturated rings. The normalized spacial score (nSPS) is 15.3. The van der Waals surface area contributed by atoms with Crippen molar-refractivity contribution < 1.29 is 17.9 Å². The van der Waals surface area contributed by atoms with Crippen LogP contribution in [-0.2, 0) is 10.0 Å². The summed E-state index contributed by atoms with van der Waals surface area (Å²) in [5.41, 5.74) is 3.76. The van der Waals surface area contributed by atoms with Gasteiger partial charge in [-0.15, -0.1) is 0 Å². The number of nitrogens with one attached hydrogen (secondary N) is 1. The zero-order chi connectivity index (χ0) is 23.0. The Balaban J connectivity index is 1.96. The maximum atomic E-state index is 12.6. The molecule has 2 aromatic heterocycles. The molecule has 1 atom stereocenters. The minimum absolute atomic E-state index is 0.257. The first-order valence-electron chi connectivity index (χ1n) is 10.7. The first kappa shape index (κ1) is 23.2. The molecule has 1 unspecified atom stereocenters. The third kappa shape index (κ3) is 4.57. The molecule has 4 rings (SSSR count). The van der Waals surface area contributed by atoms with Gasteiger partial charge in [-0.3, -0.25) is 9.62 Å². The Labute approximate surface area is 197 Å². The SMILES string of the molecule is CNC(O)c1c(-c2ccc(C)cc2)oc2nc(N(CCCBr)S(C)(=O)=O)c(C3CC3)cc12. The van der Waals surface area contributed by atoms with Crippen LogP contribution in [0.25, 0.3) is 22.4 Å². The molecule has 0 spiro atoms. The van der Waals surface area contributed by atoms with Crippen molar-refractivity contribution in [3.8, 4) is 11.3 Å². The summed E-state index contributed by atoms with van der Waals surface area (Å²) >= 11 is 3.39. The smallest absolute Gasteiger partial charge is 0.233 e. The third-order valence-corrected chi connectivity index (χ3v) is 7.46. The molecule has 9 heteroatoms. The van der Waals surface area contributed by atoms with Gasteiger partial charge in [0, 0.05) is 22.8 Å². The Morgan fingerprint density at radius 1 is 1.31 bits per heavy atom. The average Bonchev–Trinajstić information content (AvgIpc) is 3.53. The van der Waals surface area contributed by atoms with Gasteiger partial charge in [-0.1, -0.05) is 45.8 Å². The summed E-state index contributed by atoms with van der Waals surface area (Å²) in [5.74, 6) is 1.21. The summed E-state index contributed by atoms with van der Waals surface area (Å²) in [7, 11) is -1.84. The number of aliphatic hydroxyl groups is 1. The molecule has 0 aliphatic heterocycles. The highest BCUT2D eigenvalue weighted by Crippen LogP contribution is 2.47. The van der Waals surface area contributed by atoms with Crippen LogP contribution < -0.4 is 9.62 Å².